The maximum absolute atomic E-state index is 13.4. The topological polar surface area (TPSA) is 65.6 Å². The van der Waals surface area contributed by atoms with Crippen molar-refractivity contribution in [2.24, 2.45) is 0 Å². The van der Waals surface area contributed by atoms with Crippen molar-refractivity contribution in [1.82, 2.24) is 24.3 Å². The molecule has 0 saturated heterocycles. The molecule has 33 heavy (non-hydrogen) atoms. The Kier molecular flexibility index (Phi) is 5.19. The van der Waals surface area contributed by atoms with Crippen molar-refractivity contribution in [3.63, 3.8) is 0 Å². The minimum Gasteiger partial charge on any atom is -0.324 e. The van der Waals surface area contributed by atoms with Gasteiger partial charge >= 0.3 is 0 Å². The van der Waals surface area contributed by atoms with Gasteiger partial charge in [-0.1, -0.05) is 60.6 Å². The third-order valence-electron chi connectivity index (χ3n) is 6.24. The van der Waals surface area contributed by atoms with E-state index in [4.69, 9.17) is 4.98 Å². The van der Waals surface area contributed by atoms with Crippen LogP contribution in [-0.2, 0) is 18.7 Å². The highest BCUT2D eigenvalue weighted by Crippen LogP contribution is 2.32. The van der Waals surface area contributed by atoms with E-state index in [1.807, 2.05) is 42.6 Å². The number of hydrogen-bond acceptors (Lipinski definition) is 5. The van der Waals surface area contributed by atoms with Crippen LogP contribution in [0.2, 0.25) is 0 Å². The molecule has 0 bridgehead atoms. The summed E-state index contributed by atoms with van der Waals surface area (Å²) >= 11 is 1.70. The van der Waals surface area contributed by atoms with Crippen molar-refractivity contribution in [3.8, 4) is 17.1 Å². The predicted octanol–water partition coefficient (Wildman–Crippen LogP) is 5.10. The number of hydrogen-bond donors (Lipinski definition) is 0. The summed E-state index contributed by atoms with van der Waals surface area (Å²) in [6, 6.07) is 19.9. The van der Waals surface area contributed by atoms with Crippen molar-refractivity contribution in [2.75, 3.05) is 0 Å². The average molecular weight is 454 g/mol. The number of para-hydroxylation sites is 2. The molecule has 3 aliphatic heterocycles. The standard InChI is InChI=1S/C26H23N5OS/c32-25-22-21-14-5-2-6-16-30(21)26(28-24(22)29-31(25)20-12-3-1-4-13-20)33-17-19-10-7-9-18-11-8-15-27-23(18)19/h1,3-4,7-13,15H,2,5-6,14,16-17H2. The zero-order chi connectivity index (χ0) is 22.2. The molecule has 0 fully saturated rings. The van der Waals surface area contributed by atoms with Crippen LogP contribution in [0.3, 0.4) is 0 Å². The smallest absolute Gasteiger partial charge is 0.284 e. The molecule has 3 aromatic rings. The summed E-state index contributed by atoms with van der Waals surface area (Å²) in [5.74, 6) is 1.30. The van der Waals surface area contributed by atoms with Gasteiger partial charge < -0.3 is 4.57 Å². The van der Waals surface area contributed by atoms with E-state index in [0.717, 1.165) is 65.4 Å². The van der Waals surface area contributed by atoms with E-state index in [0.29, 0.717) is 11.4 Å². The molecule has 2 aromatic carbocycles. The fourth-order valence-corrected chi connectivity index (χ4v) is 5.66. The molecular weight excluding hydrogens is 430 g/mol. The van der Waals surface area contributed by atoms with Crippen LogP contribution in [-0.4, -0.2) is 24.3 Å². The van der Waals surface area contributed by atoms with Gasteiger partial charge in [-0.05, 0) is 43.0 Å². The second kappa shape index (κ2) is 8.48. The summed E-state index contributed by atoms with van der Waals surface area (Å²) in [7, 11) is 0. The lowest BCUT2D eigenvalue weighted by molar-refractivity contribution is 0.571. The lowest BCUT2D eigenvalue weighted by Crippen LogP contribution is -2.19. The van der Waals surface area contributed by atoms with Crippen LogP contribution in [0.25, 0.3) is 28.0 Å². The number of fused-ring (bicyclic) bond motifs is 4. The van der Waals surface area contributed by atoms with Crippen LogP contribution in [0.1, 0.15) is 30.5 Å². The molecule has 0 aliphatic carbocycles. The highest BCUT2D eigenvalue weighted by molar-refractivity contribution is 7.98. The zero-order valence-corrected chi connectivity index (χ0v) is 19.0. The van der Waals surface area contributed by atoms with E-state index in [1.165, 1.54) is 10.2 Å². The highest BCUT2D eigenvalue weighted by atomic mass is 32.2. The second-order valence-corrected chi connectivity index (χ2v) is 9.28. The van der Waals surface area contributed by atoms with Crippen LogP contribution in [0, 0.1) is 0 Å². The van der Waals surface area contributed by atoms with Crippen LogP contribution in [0.5, 0.6) is 0 Å². The molecule has 0 radical (unpaired) electrons. The van der Waals surface area contributed by atoms with Gasteiger partial charge in [0.15, 0.2) is 11.0 Å². The van der Waals surface area contributed by atoms with Gasteiger partial charge in [0.1, 0.15) is 5.56 Å². The molecule has 6 rings (SSSR count). The number of benzene rings is 2. The van der Waals surface area contributed by atoms with Gasteiger partial charge in [0.05, 0.1) is 11.2 Å². The summed E-state index contributed by atoms with van der Waals surface area (Å²) in [4.78, 5) is 22.9. The first kappa shape index (κ1) is 20.2. The van der Waals surface area contributed by atoms with Crippen molar-refractivity contribution < 1.29 is 0 Å². The number of thioether (sulfide) groups is 1. The SMILES string of the molecule is O=c1c2c3n(c(SCc4cccc5cccnc45)nc-2nn1-c1ccccc1)CCCCC3. The molecule has 0 atom stereocenters. The fraction of sp³-hybridized carbons (Fsp3) is 0.231. The first-order valence-corrected chi connectivity index (χ1v) is 12.3. The van der Waals surface area contributed by atoms with Gasteiger partial charge in [0, 0.05) is 29.6 Å². The molecule has 0 saturated carbocycles. The van der Waals surface area contributed by atoms with Crippen molar-refractivity contribution >= 4 is 22.7 Å². The third-order valence-corrected chi connectivity index (χ3v) is 7.27. The molecule has 7 heteroatoms. The molecule has 164 valence electrons. The predicted molar refractivity (Wildman–Crippen MR) is 131 cm³/mol. The largest absolute Gasteiger partial charge is 0.324 e. The number of aromatic nitrogens is 5. The molecular formula is C26H23N5OS. The number of nitrogens with zero attached hydrogens (tertiary/aromatic N) is 5. The van der Waals surface area contributed by atoms with E-state index in [1.54, 1.807) is 11.8 Å². The Morgan fingerprint density at radius 3 is 2.73 bits per heavy atom. The van der Waals surface area contributed by atoms with Gasteiger partial charge in [-0.15, -0.1) is 5.10 Å². The van der Waals surface area contributed by atoms with Crippen molar-refractivity contribution in [3.05, 3.63) is 88.5 Å². The lowest BCUT2D eigenvalue weighted by atomic mass is 10.1. The summed E-state index contributed by atoms with van der Waals surface area (Å²) in [6.07, 6.45) is 6.04. The number of pyridine rings is 1. The Labute approximate surface area is 195 Å². The molecule has 0 N–H and O–H groups in total. The van der Waals surface area contributed by atoms with E-state index >= 15 is 0 Å². The second-order valence-electron chi connectivity index (χ2n) is 8.34. The minimum absolute atomic E-state index is 0.0795. The number of rotatable bonds is 4. The fourth-order valence-electron chi connectivity index (χ4n) is 4.63. The first-order chi connectivity index (χ1) is 16.3. The van der Waals surface area contributed by atoms with Crippen LogP contribution >= 0.6 is 11.8 Å². The highest BCUT2D eigenvalue weighted by Gasteiger charge is 2.27. The van der Waals surface area contributed by atoms with Gasteiger partial charge in [0.25, 0.3) is 5.56 Å². The Morgan fingerprint density at radius 1 is 0.939 bits per heavy atom. The quantitative estimate of drug-likeness (QED) is 0.280. The molecule has 1 aromatic heterocycles. The summed E-state index contributed by atoms with van der Waals surface area (Å²) in [6.45, 7) is 0.879. The van der Waals surface area contributed by atoms with E-state index in [2.05, 4.69) is 38.9 Å². The van der Waals surface area contributed by atoms with Crippen molar-refractivity contribution in [2.45, 2.75) is 43.1 Å². The van der Waals surface area contributed by atoms with Crippen LogP contribution in [0.4, 0.5) is 0 Å². The Balaban J connectivity index is 1.46. The first-order valence-electron chi connectivity index (χ1n) is 11.3. The maximum atomic E-state index is 13.4. The Bertz CT molecular complexity index is 1470. The average Bonchev–Trinajstić information content (AvgIpc) is 3.02. The third kappa shape index (κ3) is 3.62. The van der Waals surface area contributed by atoms with Gasteiger partial charge in [-0.25, -0.2) is 4.98 Å². The van der Waals surface area contributed by atoms with E-state index in [-0.39, 0.29) is 5.56 Å². The summed E-state index contributed by atoms with van der Waals surface area (Å²) < 4.78 is 3.75. The minimum atomic E-state index is -0.0795. The summed E-state index contributed by atoms with van der Waals surface area (Å²) in [5.41, 5.74) is 4.63. The van der Waals surface area contributed by atoms with Gasteiger partial charge in [-0.2, -0.15) is 4.68 Å². The normalized spacial score (nSPS) is 13.8. The summed E-state index contributed by atoms with van der Waals surface area (Å²) in [5, 5.41) is 6.70. The van der Waals surface area contributed by atoms with Gasteiger partial charge in [-0.3, -0.25) is 9.78 Å². The van der Waals surface area contributed by atoms with Crippen LogP contribution in [0.15, 0.2) is 76.8 Å². The monoisotopic (exact) mass is 453 g/mol. The Morgan fingerprint density at radius 2 is 1.82 bits per heavy atom. The molecule has 6 nitrogen and oxygen atoms in total. The lowest BCUT2D eigenvalue weighted by Gasteiger charge is -2.17. The molecule has 4 heterocycles. The van der Waals surface area contributed by atoms with Crippen molar-refractivity contribution in [1.29, 1.82) is 0 Å². The molecule has 0 unspecified atom stereocenters. The maximum Gasteiger partial charge on any atom is 0.284 e. The van der Waals surface area contributed by atoms with E-state index < -0.39 is 0 Å². The van der Waals surface area contributed by atoms with E-state index in [9.17, 15) is 4.79 Å². The zero-order valence-electron chi connectivity index (χ0n) is 18.1. The molecule has 3 aliphatic rings. The Hall–Kier alpha value is -3.45. The molecule has 0 spiro atoms. The van der Waals surface area contributed by atoms with Crippen LogP contribution < -0.4 is 5.56 Å². The van der Waals surface area contributed by atoms with Gasteiger partial charge in [0.2, 0.25) is 0 Å². The molecule has 0 amide bonds.